The maximum absolute atomic E-state index is 9.25. The Morgan fingerprint density at radius 1 is 1.50 bits per heavy atom. The highest BCUT2D eigenvalue weighted by molar-refractivity contribution is 7.99. The van der Waals surface area contributed by atoms with Crippen molar-refractivity contribution in [1.82, 2.24) is 0 Å². The van der Waals surface area contributed by atoms with Crippen LogP contribution in [0.1, 0.15) is 13.8 Å². The molecule has 0 saturated heterocycles. The lowest BCUT2D eigenvalue weighted by Crippen LogP contribution is -2.30. The van der Waals surface area contributed by atoms with Crippen LogP contribution >= 0.6 is 11.8 Å². The Kier molecular flexibility index (Phi) is 6.15. The van der Waals surface area contributed by atoms with Gasteiger partial charge in [0.1, 0.15) is 5.75 Å². The molecule has 0 heterocycles. The van der Waals surface area contributed by atoms with Crippen LogP contribution in [-0.2, 0) is 0 Å². The van der Waals surface area contributed by atoms with Crippen LogP contribution in [0.3, 0.4) is 0 Å². The van der Waals surface area contributed by atoms with E-state index in [9.17, 15) is 5.11 Å². The second kappa shape index (κ2) is 7.38. The quantitative estimate of drug-likeness (QED) is 0.663. The summed E-state index contributed by atoms with van der Waals surface area (Å²) < 4.78 is 5.45. The van der Waals surface area contributed by atoms with Crippen LogP contribution in [0.2, 0.25) is 0 Å². The van der Waals surface area contributed by atoms with Crippen LogP contribution in [0.25, 0.3) is 0 Å². The average Bonchev–Trinajstić information content (AvgIpc) is 2.35. The molecule has 0 fully saturated rings. The number of benzene rings is 1. The molecule has 1 aromatic carbocycles. The van der Waals surface area contributed by atoms with Crippen molar-refractivity contribution in [3.8, 4) is 5.75 Å². The fourth-order valence-corrected chi connectivity index (χ4v) is 2.32. The van der Waals surface area contributed by atoms with E-state index in [2.05, 4.69) is 5.32 Å². The third-order valence-electron chi connectivity index (χ3n) is 2.75. The molecule has 5 heteroatoms. The van der Waals surface area contributed by atoms with Crippen LogP contribution in [0.4, 0.5) is 11.4 Å². The number of nitrogens with one attached hydrogen (secondary N) is 1. The van der Waals surface area contributed by atoms with Crippen molar-refractivity contribution < 1.29 is 9.84 Å². The fraction of sp³-hybridized carbons (Fsp3) is 0.538. The molecule has 0 aliphatic heterocycles. The molecular formula is C13H22N2O2S. The van der Waals surface area contributed by atoms with Gasteiger partial charge in [-0.15, -0.1) is 0 Å². The molecule has 0 amide bonds. The van der Waals surface area contributed by atoms with Gasteiger partial charge < -0.3 is 20.9 Å². The van der Waals surface area contributed by atoms with E-state index in [1.54, 1.807) is 11.8 Å². The highest BCUT2D eigenvalue weighted by Gasteiger charge is 2.15. The number of anilines is 2. The van der Waals surface area contributed by atoms with Crippen LogP contribution in [-0.4, -0.2) is 35.9 Å². The maximum atomic E-state index is 9.25. The number of rotatable bonds is 7. The van der Waals surface area contributed by atoms with Crippen LogP contribution in [0.15, 0.2) is 18.2 Å². The smallest absolute Gasteiger partial charge is 0.144 e. The van der Waals surface area contributed by atoms with Crippen molar-refractivity contribution in [2.24, 2.45) is 0 Å². The predicted octanol–water partition coefficient (Wildman–Crippen LogP) is 2.19. The Labute approximate surface area is 113 Å². The lowest BCUT2D eigenvalue weighted by atomic mass is 10.2. The second-order valence-corrected chi connectivity index (χ2v) is 5.15. The summed E-state index contributed by atoms with van der Waals surface area (Å²) in [5.74, 6) is 0.694. The highest BCUT2D eigenvalue weighted by Crippen LogP contribution is 2.26. The molecule has 0 aromatic heterocycles. The summed E-state index contributed by atoms with van der Waals surface area (Å²) in [7, 11) is 0. The van der Waals surface area contributed by atoms with E-state index in [4.69, 9.17) is 10.5 Å². The Balaban J connectivity index is 2.75. The molecule has 0 aliphatic carbocycles. The van der Waals surface area contributed by atoms with Gasteiger partial charge in [0, 0.05) is 23.0 Å². The van der Waals surface area contributed by atoms with Crippen molar-refractivity contribution in [1.29, 1.82) is 0 Å². The third-order valence-corrected chi connectivity index (χ3v) is 3.91. The number of aliphatic hydroxyl groups is 1. The van der Waals surface area contributed by atoms with Crippen molar-refractivity contribution >= 4 is 23.1 Å². The van der Waals surface area contributed by atoms with Gasteiger partial charge in [-0.1, -0.05) is 0 Å². The van der Waals surface area contributed by atoms with E-state index in [1.165, 1.54) is 0 Å². The second-order valence-electron chi connectivity index (χ2n) is 4.08. The molecule has 0 aliphatic rings. The molecular weight excluding hydrogens is 248 g/mol. The van der Waals surface area contributed by atoms with Crippen LogP contribution in [0, 0.1) is 0 Å². The van der Waals surface area contributed by atoms with Gasteiger partial charge in [0.15, 0.2) is 0 Å². The summed E-state index contributed by atoms with van der Waals surface area (Å²) in [6, 6.07) is 5.81. The van der Waals surface area contributed by atoms with Gasteiger partial charge in [0.2, 0.25) is 0 Å². The number of thioether (sulfide) groups is 1. The number of hydrogen-bond acceptors (Lipinski definition) is 5. The monoisotopic (exact) mass is 270 g/mol. The molecule has 4 nitrogen and oxygen atoms in total. The van der Waals surface area contributed by atoms with E-state index in [0.717, 1.165) is 5.69 Å². The third kappa shape index (κ3) is 3.99. The average molecular weight is 270 g/mol. The molecule has 102 valence electrons. The summed E-state index contributed by atoms with van der Waals surface area (Å²) in [5, 5.41) is 12.8. The number of nitrogens with two attached hydrogens (primary N) is 1. The van der Waals surface area contributed by atoms with Crippen LogP contribution < -0.4 is 15.8 Å². The van der Waals surface area contributed by atoms with Gasteiger partial charge >= 0.3 is 0 Å². The lowest BCUT2D eigenvalue weighted by molar-refractivity contribution is 0.288. The van der Waals surface area contributed by atoms with Crippen molar-refractivity contribution in [3.63, 3.8) is 0 Å². The summed E-state index contributed by atoms with van der Waals surface area (Å²) in [6.07, 6.45) is 1.99. The summed E-state index contributed by atoms with van der Waals surface area (Å²) in [4.78, 5) is 0. The van der Waals surface area contributed by atoms with Crippen molar-refractivity contribution in [2.45, 2.75) is 25.1 Å². The van der Waals surface area contributed by atoms with Crippen LogP contribution in [0.5, 0.6) is 5.75 Å². The van der Waals surface area contributed by atoms with E-state index in [1.807, 2.05) is 38.3 Å². The minimum atomic E-state index is 0.155. The minimum absolute atomic E-state index is 0.155. The van der Waals surface area contributed by atoms with Gasteiger partial charge in [-0.25, -0.2) is 0 Å². The molecule has 0 bridgehead atoms. The molecule has 18 heavy (non-hydrogen) atoms. The van der Waals surface area contributed by atoms with Gasteiger partial charge in [0.25, 0.3) is 0 Å². The van der Waals surface area contributed by atoms with Gasteiger partial charge in [-0.2, -0.15) is 11.8 Å². The fourth-order valence-electron chi connectivity index (χ4n) is 1.70. The lowest BCUT2D eigenvalue weighted by Gasteiger charge is -2.22. The first kappa shape index (κ1) is 15.0. The summed E-state index contributed by atoms with van der Waals surface area (Å²) in [6.45, 7) is 4.72. The Morgan fingerprint density at radius 2 is 2.22 bits per heavy atom. The first-order valence-corrected chi connectivity index (χ1v) is 7.33. The van der Waals surface area contributed by atoms with E-state index in [0.29, 0.717) is 18.0 Å². The van der Waals surface area contributed by atoms with E-state index >= 15 is 0 Å². The predicted molar refractivity (Wildman–Crippen MR) is 79.5 cm³/mol. The number of nitrogen functional groups attached to an aromatic ring is 1. The Bertz CT molecular complexity index is 370. The minimum Gasteiger partial charge on any atom is -0.492 e. The number of aliphatic hydroxyl groups excluding tert-OH is 1. The zero-order valence-electron chi connectivity index (χ0n) is 11.1. The van der Waals surface area contributed by atoms with Gasteiger partial charge in [0.05, 0.1) is 18.9 Å². The molecule has 2 atom stereocenters. The molecule has 1 aromatic rings. The molecule has 0 radical (unpaired) electrons. The largest absolute Gasteiger partial charge is 0.492 e. The SMILES string of the molecule is CCOc1cc(NC(C)C(CO)SC)ccc1N. The van der Waals surface area contributed by atoms with Gasteiger partial charge in [-0.05, 0) is 32.2 Å². The van der Waals surface area contributed by atoms with Gasteiger partial charge in [-0.3, -0.25) is 0 Å². The van der Waals surface area contributed by atoms with E-state index in [-0.39, 0.29) is 17.9 Å². The summed E-state index contributed by atoms with van der Waals surface area (Å²) >= 11 is 1.65. The topological polar surface area (TPSA) is 67.5 Å². The van der Waals surface area contributed by atoms with Crippen molar-refractivity contribution in [3.05, 3.63) is 18.2 Å². The zero-order chi connectivity index (χ0) is 13.5. The molecule has 2 unspecified atom stereocenters. The normalized spacial score (nSPS) is 14.0. The molecule has 0 saturated carbocycles. The molecule has 4 N–H and O–H groups in total. The maximum Gasteiger partial charge on any atom is 0.144 e. The van der Waals surface area contributed by atoms with Crippen molar-refractivity contribution in [2.75, 3.05) is 30.5 Å². The molecule has 0 spiro atoms. The van der Waals surface area contributed by atoms with E-state index < -0.39 is 0 Å². The standard InChI is InChI=1S/C13H22N2O2S/c1-4-17-12-7-10(5-6-11(12)14)15-9(2)13(8-16)18-3/h5-7,9,13,15-16H,4,8,14H2,1-3H3. The summed E-state index contributed by atoms with van der Waals surface area (Å²) in [5.41, 5.74) is 7.41. The number of hydrogen-bond donors (Lipinski definition) is 3. The number of ether oxygens (including phenoxy) is 1. The zero-order valence-corrected chi connectivity index (χ0v) is 12.0. The first-order valence-electron chi connectivity index (χ1n) is 6.04. The Morgan fingerprint density at radius 3 is 2.78 bits per heavy atom. The molecule has 1 rings (SSSR count). The Hall–Kier alpha value is -1.07. The highest BCUT2D eigenvalue weighted by atomic mass is 32.2. The first-order chi connectivity index (χ1) is 8.62.